The lowest BCUT2D eigenvalue weighted by molar-refractivity contribution is 0.923. The quantitative estimate of drug-likeness (QED) is 0.893. The van der Waals surface area contributed by atoms with Crippen molar-refractivity contribution in [2.24, 2.45) is 0 Å². The number of benzene rings is 1. The van der Waals surface area contributed by atoms with E-state index in [-0.39, 0.29) is 0 Å². The molecule has 0 saturated carbocycles. The Balaban J connectivity index is 2.28. The molecule has 2 rings (SSSR count). The Hall–Kier alpha value is -1.55. The number of aromatic nitrogens is 1. The van der Waals surface area contributed by atoms with E-state index < -0.39 is 0 Å². The highest BCUT2D eigenvalue weighted by molar-refractivity contribution is 9.10. The molecule has 2 aromatic rings. The van der Waals surface area contributed by atoms with Gasteiger partial charge in [0.05, 0.1) is 16.4 Å². The molecule has 0 aliphatic carbocycles. The van der Waals surface area contributed by atoms with Crippen molar-refractivity contribution in [3.63, 3.8) is 0 Å². The van der Waals surface area contributed by atoms with Gasteiger partial charge in [-0.2, -0.15) is 0 Å². The molecule has 0 aliphatic rings. The molecule has 3 N–H and O–H groups in total. The predicted octanol–water partition coefficient (Wildman–Crippen LogP) is 4.12. The lowest BCUT2D eigenvalue weighted by Crippen LogP contribution is -1.99. The maximum atomic E-state index is 5.68. The van der Waals surface area contributed by atoms with Gasteiger partial charge in [-0.25, -0.2) is 4.98 Å². The third-order valence-electron chi connectivity index (χ3n) is 2.65. The van der Waals surface area contributed by atoms with Gasteiger partial charge in [-0.1, -0.05) is 31.5 Å². The van der Waals surface area contributed by atoms with Crippen molar-refractivity contribution in [2.45, 2.75) is 19.8 Å². The molecule has 1 aromatic carbocycles. The molecule has 0 aliphatic heterocycles. The molecule has 18 heavy (non-hydrogen) atoms. The highest BCUT2D eigenvalue weighted by atomic mass is 79.9. The minimum absolute atomic E-state index is 0.647. The number of rotatable bonds is 4. The van der Waals surface area contributed by atoms with E-state index in [0.29, 0.717) is 5.69 Å². The summed E-state index contributed by atoms with van der Waals surface area (Å²) in [6.45, 7) is 2.17. The van der Waals surface area contributed by atoms with Crippen molar-refractivity contribution in [1.82, 2.24) is 4.98 Å². The molecule has 4 heteroatoms. The van der Waals surface area contributed by atoms with E-state index in [1.165, 1.54) is 5.56 Å². The lowest BCUT2D eigenvalue weighted by Gasteiger charge is -2.12. The molecule has 0 amide bonds. The largest absolute Gasteiger partial charge is 0.397 e. The van der Waals surface area contributed by atoms with Crippen LogP contribution < -0.4 is 11.1 Å². The van der Waals surface area contributed by atoms with Crippen LogP contribution in [-0.4, -0.2) is 4.98 Å². The monoisotopic (exact) mass is 305 g/mol. The van der Waals surface area contributed by atoms with Gasteiger partial charge in [0.15, 0.2) is 0 Å². The first kappa shape index (κ1) is 12.9. The van der Waals surface area contributed by atoms with Crippen LogP contribution in [0.2, 0.25) is 0 Å². The fourth-order valence-electron chi connectivity index (χ4n) is 1.80. The third kappa shape index (κ3) is 3.01. The van der Waals surface area contributed by atoms with Crippen LogP contribution in [0.4, 0.5) is 17.2 Å². The van der Waals surface area contributed by atoms with Gasteiger partial charge in [-0.15, -0.1) is 0 Å². The summed E-state index contributed by atoms with van der Waals surface area (Å²) in [6, 6.07) is 10.1. The number of nitrogens with two attached hydrogens (primary N) is 1. The molecule has 0 fully saturated rings. The zero-order valence-corrected chi connectivity index (χ0v) is 11.9. The van der Waals surface area contributed by atoms with Crippen molar-refractivity contribution < 1.29 is 0 Å². The molecule has 0 bridgehead atoms. The third-order valence-corrected chi connectivity index (χ3v) is 3.26. The van der Waals surface area contributed by atoms with Crippen molar-refractivity contribution in [3.05, 3.63) is 46.6 Å². The zero-order valence-electron chi connectivity index (χ0n) is 10.3. The molecule has 1 aromatic heterocycles. The van der Waals surface area contributed by atoms with Crippen LogP contribution in [0.15, 0.2) is 41.0 Å². The number of nitrogens with zero attached hydrogens (tertiary/aromatic N) is 1. The van der Waals surface area contributed by atoms with Gasteiger partial charge in [-0.05, 0) is 40.0 Å². The van der Waals surface area contributed by atoms with Crippen LogP contribution in [0.25, 0.3) is 0 Å². The SMILES string of the molecule is CCCc1ccccc1Nc1ncc(N)cc1Br. The number of anilines is 3. The Morgan fingerprint density at radius 3 is 2.83 bits per heavy atom. The average molecular weight is 306 g/mol. The van der Waals surface area contributed by atoms with E-state index >= 15 is 0 Å². The maximum Gasteiger partial charge on any atom is 0.144 e. The summed E-state index contributed by atoms with van der Waals surface area (Å²) >= 11 is 3.46. The van der Waals surface area contributed by atoms with Gasteiger partial charge in [0, 0.05) is 5.69 Å². The molecule has 0 radical (unpaired) electrons. The maximum absolute atomic E-state index is 5.68. The fourth-order valence-corrected chi connectivity index (χ4v) is 2.27. The number of pyridine rings is 1. The number of aryl methyl sites for hydroxylation is 1. The lowest BCUT2D eigenvalue weighted by atomic mass is 10.1. The van der Waals surface area contributed by atoms with Gasteiger partial charge in [0.1, 0.15) is 5.82 Å². The summed E-state index contributed by atoms with van der Waals surface area (Å²) in [4.78, 5) is 4.29. The van der Waals surface area contributed by atoms with Crippen LogP contribution in [0, 0.1) is 0 Å². The topological polar surface area (TPSA) is 50.9 Å². The second kappa shape index (κ2) is 5.87. The fraction of sp³-hybridized carbons (Fsp3) is 0.214. The second-order valence-corrected chi connectivity index (χ2v) is 4.99. The van der Waals surface area contributed by atoms with Gasteiger partial charge < -0.3 is 11.1 Å². The molecule has 0 spiro atoms. The molecule has 1 heterocycles. The Morgan fingerprint density at radius 1 is 1.33 bits per heavy atom. The van der Waals surface area contributed by atoms with Crippen LogP contribution in [-0.2, 0) is 6.42 Å². The van der Waals surface area contributed by atoms with Crippen molar-refractivity contribution >= 4 is 33.1 Å². The van der Waals surface area contributed by atoms with Gasteiger partial charge in [0.2, 0.25) is 0 Å². The second-order valence-electron chi connectivity index (χ2n) is 4.13. The standard InChI is InChI=1S/C14H16BrN3/c1-2-5-10-6-3-4-7-13(10)18-14-12(15)8-11(16)9-17-14/h3-4,6-9H,2,5,16H2,1H3,(H,17,18). The van der Waals surface area contributed by atoms with E-state index in [9.17, 15) is 0 Å². The first-order chi connectivity index (χ1) is 8.70. The Bertz CT molecular complexity index is 540. The number of para-hydroxylation sites is 1. The Kier molecular flexibility index (Phi) is 4.20. The summed E-state index contributed by atoms with van der Waals surface area (Å²) < 4.78 is 0.869. The van der Waals surface area contributed by atoms with E-state index in [1.807, 2.05) is 12.1 Å². The number of hydrogen-bond donors (Lipinski definition) is 2. The van der Waals surface area contributed by atoms with Gasteiger partial charge in [0.25, 0.3) is 0 Å². The Morgan fingerprint density at radius 2 is 2.11 bits per heavy atom. The van der Waals surface area contributed by atoms with E-state index in [1.54, 1.807) is 6.20 Å². The smallest absolute Gasteiger partial charge is 0.144 e. The normalized spacial score (nSPS) is 10.3. The van der Waals surface area contributed by atoms with Gasteiger partial charge in [-0.3, -0.25) is 0 Å². The zero-order chi connectivity index (χ0) is 13.0. The number of hydrogen-bond acceptors (Lipinski definition) is 3. The summed E-state index contributed by atoms with van der Waals surface area (Å²) in [5.41, 5.74) is 8.72. The minimum Gasteiger partial charge on any atom is -0.397 e. The van der Waals surface area contributed by atoms with Crippen LogP contribution >= 0.6 is 15.9 Å². The van der Waals surface area contributed by atoms with E-state index in [2.05, 4.69) is 51.4 Å². The minimum atomic E-state index is 0.647. The average Bonchev–Trinajstić information content (AvgIpc) is 2.35. The van der Waals surface area contributed by atoms with Crippen molar-refractivity contribution in [1.29, 1.82) is 0 Å². The molecule has 0 atom stereocenters. The molecule has 3 nitrogen and oxygen atoms in total. The van der Waals surface area contributed by atoms with Crippen LogP contribution in [0.3, 0.4) is 0 Å². The summed E-state index contributed by atoms with van der Waals surface area (Å²) in [5.74, 6) is 0.785. The summed E-state index contributed by atoms with van der Waals surface area (Å²) in [7, 11) is 0. The first-order valence-electron chi connectivity index (χ1n) is 5.96. The predicted molar refractivity (Wildman–Crippen MR) is 80.1 cm³/mol. The molecular formula is C14H16BrN3. The molecule has 94 valence electrons. The van der Waals surface area contributed by atoms with Gasteiger partial charge >= 0.3 is 0 Å². The number of nitrogen functional groups attached to an aromatic ring is 1. The summed E-state index contributed by atoms with van der Waals surface area (Å²) in [6.07, 6.45) is 3.82. The first-order valence-corrected chi connectivity index (χ1v) is 6.76. The van der Waals surface area contributed by atoms with Crippen molar-refractivity contribution in [3.8, 4) is 0 Å². The molecule has 0 saturated heterocycles. The number of nitrogens with one attached hydrogen (secondary N) is 1. The highest BCUT2D eigenvalue weighted by Crippen LogP contribution is 2.27. The van der Waals surface area contributed by atoms with E-state index in [4.69, 9.17) is 5.73 Å². The molecule has 0 unspecified atom stereocenters. The van der Waals surface area contributed by atoms with Crippen LogP contribution in [0.1, 0.15) is 18.9 Å². The van der Waals surface area contributed by atoms with Crippen molar-refractivity contribution in [2.75, 3.05) is 11.1 Å². The van der Waals surface area contributed by atoms with Crippen LogP contribution in [0.5, 0.6) is 0 Å². The van der Waals surface area contributed by atoms with E-state index in [0.717, 1.165) is 28.8 Å². The highest BCUT2D eigenvalue weighted by Gasteiger charge is 2.05. The molecular weight excluding hydrogens is 290 g/mol. The summed E-state index contributed by atoms with van der Waals surface area (Å²) in [5, 5.41) is 3.34. The Labute approximate surface area is 116 Å². The number of halogens is 1.